The molecule has 0 fully saturated rings. The standard InChI is InChI=1S/C14H22N4O2S2/c1-15-14(17-12-6-3-4-7-12)16-9-10-18(2)22(19,20)13-8-5-11-21-13/h3-5,8,11-12H,6-7,9-10H2,1-2H3,(H2,15,16,17). The van der Waals surface area contributed by atoms with Crippen LogP contribution in [-0.2, 0) is 10.0 Å². The van der Waals surface area contributed by atoms with E-state index in [2.05, 4.69) is 27.8 Å². The monoisotopic (exact) mass is 342 g/mol. The normalized spacial score (nSPS) is 16.4. The van der Waals surface area contributed by atoms with Gasteiger partial charge in [0.1, 0.15) is 4.21 Å². The van der Waals surface area contributed by atoms with E-state index in [0.29, 0.717) is 29.3 Å². The molecular formula is C14H22N4O2S2. The van der Waals surface area contributed by atoms with Crippen LogP contribution in [0.15, 0.2) is 38.9 Å². The average Bonchev–Trinajstić information content (AvgIpc) is 3.19. The summed E-state index contributed by atoms with van der Waals surface area (Å²) in [4.78, 5) is 4.16. The van der Waals surface area contributed by atoms with E-state index in [1.54, 1.807) is 31.6 Å². The molecule has 0 radical (unpaired) electrons. The first-order chi connectivity index (χ1) is 10.5. The van der Waals surface area contributed by atoms with Crippen LogP contribution in [0.3, 0.4) is 0 Å². The summed E-state index contributed by atoms with van der Waals surface area (Å²) in [6.07, 6.45) is 6.28. The Morgan fingerprint density at radius 1 is 1.45 bits per heavy atom. The molecule has 6 nitrogen and oxygen atoms in total. The minimum atomic E-state index is -3.38. The van der Waals surface area contributed by atoms with Crippen molar-refractivity contribution >= 4 is 27.3 Å². The zero-order valence-corrected chi connectivity index (χ0v) is 14.5. The largest absolute Gasteiger partial charge is 0.355 e. The van der Waals surface area contributed by atoms with Gasteiger partial charge in [-0.2, -0.15) is 4.31 Å². The van der Waals surface area contributed by atoms with Crippen molar-refractivity contribution in [1.82, 2.24) is 14.9 Å². The van der Waals surface area contributed by atoms with Crippen LogP contribution in [0.2, 0.25) is 0 Å². The zero-order valence-electron chi connectivity index (χ0n) is 12.8. The fourth-order valence-electron chi connectivity index (χ4n) is 2.14. The number of hydrogen-bond acceptors (Lipinski definition) is 4. The molecule has 2 N–H and O–H groups in total. The minimum absolute atomic E-state index is 0.370. The lowest BCUT2D eigenvalue weighted by atomic mass is 10.2. The number of nitrogens with one attached hydrogen (secondary N) is 2. The number of rotatable bonds is 6. The lowest BCUT2D eigenvalue weighted by Crippen LogP contribution is -2.45. The fraction of sp³-hybridized carbons (Fsp3) is 0.500. The van der Waals surface area contributed by atoms with Crippen molar-refractivity contribution in [2.75, 3.05) is 27.2 Å². The van der Waals surface area contributed by atoms with Crippen LogP contribution < -0.4 is 10.6 Å². The highest BCUT2D eigenvalue weighted by molar-refractivity contribution is 7.91. The molecule has 1 heterocycles. The van der Waals surface area contributed by atoms with Gasteiger partial charge >= 0.3 is 0 Å². The first-order valence-corrected chi connectivity index (χ1v) is 9.48. The molecule has 0 aliphatic heterocycles. The molecule has 0 bridgehead atoms. The summed E-state index contributed by atoms with van der Waals surface area (Å²) < 4.78 is 26.3. The van der Waals surface area contributed by atoms with Gasteiger partial charge in [-0.15, -0.1) is 11.3 Å². The first kappa shape index (κ1) is 17.0. The van der Waals surface area contributed by atoms with Crippen molar-refractivity contribution in [1.29, 1.82) is 0 Å². The lowest BCUT2D eigenvalue weighted by molar-refractivity contribution is 0.470. The maximum Gasteiger partial charge on any atom is 0.252 e. The highest BCUT2D eigenvalue weighted by Crippen LogP contribution is 2.19. The van der Waals surface area contributed by atoms with Gasteiger partial charge in [-0.1, -0.05) is 18.2 Å². The molecule has 22 heavy (non-hydrogen) atoms. The maximum absolute atomic E-state index is 12.3. The molecule has 0 saturated carbocycles. The molecule has 8 heteroatoms. The van der Waals surface area contributed by atoms with Crippen molar-refractivity contribution in [3.8, 4) is 0 Å². The van der Waals surface area contributed by atoms with Crippen molar-refractivity contribution in [3.63, 3.8) is 0 Å². The first-order valence-electron chi connectivity index (χ1n) is 7.16. The quantitative estimate of drug-likeness (QED) is 0.464. The predicted octanol–water partition coefficient (Wildman–Crippen LogP) is 1.25. The molecule has 0 aromatic carbocycles. The minimum Gasteiger partial charge on any atom is -0.355 e. The average molecular weight is 342 g/mol. The highest BCUT2D eigenvalue weighted by Gasteiger charge is 2.21. The van der Waals surface area contributed by atoms with Crippen LogP contribution in [-0.4, -0.2) is 51.9 Å². The van der Waals surface area contributed by atoms with Crippen LogP contribution in [0, 0.1) is 0 Å². The number of nitrogens with zero attached hydrogens (tertiary/aromatic N) is 2. The summed E-state index contributed by atoms with van der Waals surface area (Å²) >= 11 is 1.23. The molecule has 0 saturated heterocycles. The molecule has 1 aromatic rings. The number of sulfonamides is 1. The summed E-state index contributed by atoms with van der Waals surface area (Å²) in [5, 5.41) is 8.23. The SMILES string of the molecule is CN=C(NCCN(C)S(=O)(=O)c1cccs1)NC1CC=CC1. The molecule has 1 aliphatic carbocycles. The molecule has 0 unspecified atom stereocenters. The number of thiophene rings is 1. The third-order valence-corrected chi connectivity index (χ3v) is 6.68. The Kier molecular flexibility index (Phi) is 5.98. The molecule has 0 spiro atoms. The molecule has 0 atom stereocenters. The number of likely N-dealkylation sites (N-methyl/N-ethyl adjacent to an activating group) is 1. The zero-order chi connectivity index (χ0) is 16.0. The Labute approximate surface area is 136 Å². The van der Waals surface area contributed by atoms with Gasteiger partial charge in [0, 0.05) is 33.2 Å². The molecule has 122 valence electrons. The Bertz CT molecular complexity index is 615. The third kappa shape index (κ3) is 4.31. The van der Waals surface area contributed by atoms with Crippen LogP contribution in [0.5, 0.6) is 0 Å². The Morgan fingerprint density at radius 3 is 2.77 bits per heavy atom. The van der Waals surface area contributed by atoms with Crippen molar-refractivity contribution in [2.24, 2.45) is 4.99 Å². The van der Waals surface area contributed by atoms with Gasteiger partial charge in [-0.3, -0.25) is 4.99 Å². The second-order valence-electron chi connectivity index (χ2n) is 5.04. The second kappa shape index (κ2) is 7.75. The lowest BCUT2D eigenvalue weighted by Gasteiger charge is -2.19. The Morgan fingerprint density at radius 2 is 2.18 bits per heavy atom. The van der Waals surface area contributed by atoms with E-state index in [0.717, 1.165) is 12.8 Å². The maximum atomic E-state index is 12.3. The van der Waals surface area contributed by atoms with Crippen LogP contribution in [0.1, 0.15) is 12.8 Å². The highest BCUT2D eigenvalue weighted by atomic mass is 32.2. The van der Waals surface area contributed by atoms with Gasteiger partial charge < -0.3 is 10.6 Å². The summed E-state index contributed by atoms with van der Waals surface area (Å²) in [5.41, 5.74) is 0. The van der Waals surface area contributed by atoms with Gasteiger partial charge in [-0.25, -0.2) is 8.42 Å². The summed E-state index contributed by atoms with van der Waals surface area (Å²) in [6, 6.07) is 3.74. The van der Waals surface area contributed by atoms with Gasteiger partial charge in [0.05, 0.1) is 0 Å². The molecule has 2 rings (SSSR count). The van der Waals surface area contributed by atoms with Crippen LogP contribution in [0.4, 0.5) is 0 Å². The third-order valence-electron chi connectivity index (χ3n) is 3.45. The van der Waals surface area contributed by atoms with E-state index in [4.69, 9.17) is 0 Å². The van der Waals surface area contributed by atoms with Gasteiger partial charge in [0.25, 0.3) is 10.0 Å². The Hall–Kier alpha value is -1.38. The van der Waals surface area contributed by atoms with Crippen molar-refractivity contribution in [2.45, 2.75) is 23.1 Å². The van der Waals surface area contributed by atoms with Crippen molar-refractivity contribution < 1.29 is 8.42 Å². The van der Waals surface area contributed by atoms with E-state index >= 15 is 0 Å². The van der Waals surface area contributed by atoms with Crippen LogP contribution in [0.25, 0.3) is 0 Å². The smallest absolute Gasteiger partial charge is 0.252 e. The van der Waals surface area contributed by atoms with E-state index in [-0.39, 0.29) is 0 Å². The topological polar surface area (TPSA) is 73.8 Å². The molecule has 1 aromatic heterocycles. The van der Waals surface area contributed by atoms with Gasteiger partial charge in [0.15, 0.2) is 5.96 Å². The second-order valence-corrected chi connectivity index (χ2v) is 8.26. The van der Waals surface area contributed by atoms with Gasteiger partial charge in [-0.05, 0) is 24.3 Å². The van der Waals surface area contributed by atoms with Crippen LogP contribution >= 0.6 is 11.3 Å². The summed E-state index contributed by atoms with van der Waals surface area (Å²) in [6.45, 7) is 0.880. The fourth-order valence-corrected chi connectivity index (χ4v) is 4.51. The van der Waals surface area contributed by atoms with E-state index < -0.39 is 10.0 Å². The summed E-state index contributed by atoms with van der Waals surface area (Å²) in [5.74, 6) is 0.704. The summed E-state index contributed by atoms with van der Waals surface area (Å²) in [7, 11) is -0.0779. The predicted molar refractivity (Wildman–Crippen MR) is 90.8 cm³/mol. The number of guanidine groups is 1. The Balaban J connectivity index is 1.79. The number of hydrogen-bond donors (Lipinski definition) is 2. The van der Waals surface area contributed by atoms with Gasteiger partial charge in [0.2, 0.25) is 0 Å². The van der Waals surface area contributed by atoms with Crippen molar-refractivity contribution in [3.05, 3.63) is 29.7 Å². The van der Waals surface area contributed by atoms with E-state index in [1.165, 1.54) is 15.6 Å². The molecular weight excluding hydrogens is 320 g/mol. The number of aliphatic imine (C=N–C) groups is 1. The molecule has 1 aliphatic rings. The molecule has 0 amide bonds. The van der Waals surface area contributed by atoms with E-state index in [1.807, 2.05) is 0 Å². The van der Waals surface area contributed by atoms with E-state index in [9.17, 15) is 8.42 Å².